The zero-order valence-electron chi connectivity index (χ0n) is 24.5. The van der Waals surface area contributed by atoms with Gasteiger partial charge in [-0.2, -0.15) is 0 Å². The number of aromatic nitrogens is 1. The third-order valence-electron chi connectivity index (χ3n) is 7.37. The van der Waals surface area contributed by atoms with Gasteiger partial charge in [0.1, 0.15) is 6.54 Å². The van der Waals surface area contributed by atoms with Crippen molar-refractivity contribution in [1.82, 2.24) is 14.2 Å². The van der Waals surface area contributed by atoms with Gasteiger partial charge in [-0.05, 0) is 89.4 Å². The normalized spacial score (nSPS) is 11.5. The Hall–Kier alpha value is -3.45. The second-order valence-corrected chi connectivity index (χ2v) is 10.5. The fraction of sp³-hybridized carbons (Fsp3) is 0.469. The van der Waals surface area contributed by atoms with E-state index in [1.165, 1.54) is 17.6 Å². The maximum Gasteiger partial charge on any atom is 0.325 e. The van der Waals surface area contributed by atoms with Crippen molar-refractivity contribution in [3.63, 3.8) is 0 Å². The van der Waals surface area contributed by atoms with E-state index in [0.29, 0.717) is 29.3 Å². The Kier molecular flexibility index (Phi) is 10.5. The van der Waals surface area contributed by atoms with Crippen LogP contribution >= 0.6 is 0 Å². The van der Waals surface area contributed by atoms with Gasteiger partial charge in [-0.3, -0.25) is 14.4 Å². The minimum Gasteiger partial charge on any atom is -0.468 e. The van der Waals surface area contributed by atoms with E-state index >= 15 is 0 Å². The topological polar surface area (TPSA) is 71.3 Å². The molecule has 0 radical (unpaired) electrons. The van der Waals surface area contributed by atoms with E-state index in [9.17, 15) is 14.4 Å². The molecule has 0 atom stereocenters. The number of aryl methyl sites for hydroxylation is 2. The summed E-state index contributed by atoms with van der Waals surface area (Å²) in [5.74, 6) is -0.758. The lowest BCUT2D eigenvalue weighted by Crippen LogP contribution is -2.41. The van der Waals surface area contributed by atoms with Gasteiger partial charge < -0.3 is 18.9 Å². The zero-order valence-corrected chi connectivity index (χ0v) is 24.5. The minimum atomic E-state index is -0.466. The van der Waals surface area contributed by atoms with Gasteiger partial charge in [0, 0.05) is 34.9 Å². The van der Waals surface area contributed by atoms with Gasteiger partial charge in [0.05, 0.1) is 12.8 Å². The highest BCUT2D eigenvalue weighted by Crippen LogP contribution is 2.23. The molecule has 3 aromatic rings. The molecule has 0 saturated heterocycles. The number of rotatable bonds is 13. The molecule has 3 rings (SSSR count). The quantitative estimate of drug-likeness (QED) is 0.217. The molecule has 39 heavy (non-hydrogen) atoms. The van der Waals surface area contributed by atoms with Crippen molar-refractivity contribution in [2.45, 2.75) is 72.9 Å². The monoisotopic (exact) mass is 533 g/mol. The van der Waals surface area contributed by atoms with E-state index in [0.717, 1.165) is 37.0 Å². The maximum atomic E-state index is 13.6. The third kappa shape index (κ3) is 7.15. The van der Waals surface area contributed by atoms with Gasteiger partial charge in [0.2, 0.25) is 5.78 Å². The van der Waals surface area contributed by atoms with Crippen LogP contribution in [0.4, 0.5) is 0 Å². The Morgan fingerprint density at radius 3 is 2.18 bits per heavy atom. The van der Waals surface area contributed by atoms with Crippen LogP contribution in [0.25, 0.3) is 5.52 Å². The van der Waals surface area contributed by atoms with E-state index in [4.69, 9.17) is 4.74 Å². The number of carbonyl (C=O) groups is 3. The molecule has 2 aromatic heterocycles. The number of amides is 1. The maximum absolute atomic E-state index is 13.6. The molecule has 0 fully saturated rings. The van der Waals surface area contributed by atoms with E-state index in [-0.39, 0.29) is 24.3 Å². The average molecular weight is 534 g/mol. The molecule has 1 amide bonds. The molecule has 210 valence electrons. The molecule has 0 aliphatic rings. The molecule has 0 saturated carbocycles. The number of carbonyl (C=O) groups excluding carboxylic acids is 3. The average Bonchev–Trinajstić information content (AvgIpc) is 3.31. The van der Waals surface area contributed by atoms with E-state index in [1.807, 2.05) is 43.4 Å². The lowest BCUT2D eigenvalue weighted by atomic mass is 10.0. The first-order valence-corrected chi connectivity index (χ1v) is 14.0. The molecule has 0 bridgehead atoms. The Bertz CT molecular complexity index is 1290. The number of benzene rings is 1. The van der Waals surface area contributed by atoms with Gasteiger partial charge in [0.15, 0.2) is 0 Å². The molecule has 0 N–H and O–H groups in total. The van der Waals surface area contributed by atoms with Crippen LogP contribution in [0.15, 0.2) is 48.7 Å². The molecule has 7 nitrogen and oxygen atoms in total. The van der Waals surface area contributed by atoms with Crippen molar-refractivity contribution in [2.75, 3.05) is 26.7 Å². The summed E-state index contributed by atoms with van der Waals surface area (Å²) in [5, 5.41) is 0. The second-order valence-electron chi connectivity index (χ2n) is 10.5. The number of esters is 1. The zero-order chi connectivity index (χ0) is 28.7. The van der Waals surface area contributed by atoms with Crippen LogP contribution in [0.3, 0.4) is 0 Å². The highest BCUT2D eigenvalue weighted by atomic mass is 16.5. The number of hydrogen-bond donors (Lipinski definition) is 0. The first kappa shape index (κ1) is 30.1. The van der Waals surface area contributed by atoms with Gasteiger partial charge in [-0.25, -0.2) is 0 Å². The smallest absolute Gasteiger partial charge is 0.325 e. The summed E-state index contributed by atoms with van der Waals surface area (Å²) in [6.45, 7) is 14.4. The van der Waals surface area contributed by atoms with Crippen molar-refractivity contribution < 1.29 is 19.1 Å². The summed E-state index contributed by atoms with van der Waals surface area (Å²) in [6, 6.07) is 13.8. The van der Waals surface area contributed by atoms with Crippen LogP contribution in [-0.2, 0) is 22.4 Å². The molecule has 0 aliphatic heterocycles. The van der Waals surface area contributed by atoms with Crippen molar-refractivity contribution in [3.05, 3.63) is 76.6 Å². The fourth-order valence-electron chi connectivity index (χ4n) is 4.98. The highest BCUT2D eigenvalue weighted by Gasteiger charge is 2.24. The molecule has 7 heteroatoms. The minimum absolute atomic E-state index is 0.0380. The lowest BCUT2D eigenvalue weighted by Gasteiger charge is -2.25. The predicted molar refractivity (Wildman–Crippen MR) is 156 cm³/mol. The summed E-state index contributed by atoms with van der Waals surface area (Å²) in [5.41, 5.74) is 4.65. The molecule has 2 heterocycles. The number of methoxy groups -OCH3 is 1. The number of nitrogens with zero attached hydrogens (tertiary/aromatic N) is 3. The second kappa shape index (κ2) is 13.6. The van der Waals surface area contributed by atoms with Gasteiger partial charge in [0.25, 0.3) is 5.91 Å². The predicted octanol–water partition coefficient (Wildman–Crippen LogP) is 5.42. The Morgan fingerprint density at radius 1 is 0.923 bits per heavy atom. The van der Waals surface area contributed by atoms with Crippen LogP contribution < -0.4 is 0 Å². The Labute approximate surface area is 232 Å². The van der Waals surface area contributed by atoms with Crippen molar-refractivity contribution in [3.8, 4) is 0 Å². The molecule has 0 spiro atoms. The van der Waals surface area contributed by atoms with Gasteiger partial charge in [-0.1, -0.05) is 38.1 Å². The van der Waals surface area contributed by atoms with Gasteiger partial charge in [-0.15, -0.1) is 0 Å². The fourth-order valence-corrected chi connectivity index (χ4v) is 4.98. The van der Waals surface area contributed by atoms with Gasteiger partial charge >= 0.3 is 5.97 Å². The summed E-state index contributed by atoms with van der Waals surface area (Å²) in [4.78, 5) is 42.7. The largest absolute Gasteiger partial charge is 0.468 e. The highest BCUT2D eigenvalue weighted by molar-refractivity contribution is 6.10. The number of ether oxygens (including phenoxy) is 1. The van der Waals surface area contributed by atoms with Crippen LogP contribution in [0.1, 0.15) is 85.5 Å². The molecular formula is C32H43N3O4. The number of fused-ring (bicyclic) bond motifs is 1. The van der Waals surface area contributed by atoms with E-state index in [2.05, 4.69) is 37.8 Å². The molecule has 1 aromatic carbocycles. The summed E-state index contributed by atoms with van der Waals surface area (Å²) >= 11 is 0. The van der Waals surface area contributed by atoms with Crippen LogP contribution in [0.5, 0.6) is 0 Å². The molecule has 0 unspecified atom stereocenters. The number of pyridine rings is 1. The van der Waals surface area contributed by atoms with Crippen molar-refractivity contribution >= 4 is 23.2 Å². The Morgan fingerprint density at radius 2 is 1.62 bits per heavy atom. The van der Waals surface area contributed by atoms with Crippen LogP contribution in [0.2, 0.25) is 0 Å². The van der Waals surface area contributed by atoms with Crippen molar-refractivity contribution in [2.24, 2.45) is 0 Å². The number of hydrogen-bond acceptors (Lipinski definition) is 5. The van der Waals surface area contributed by atoms with Crippen LogP contribution in [0, 0.1) is 0 Å². The Balaban J connectivity index is 1.82. The summed E-state index contributed by atoms with van der Waals surface area (Å²) < 4.78 is 6.62. The summed E-state index contributed by atoms with van der Waals surface area (Å²) in [6.07, 6.45) is 4.52. The lowest BCUT2D eigenvalue weighted by molar-refractivity contribution is -0.141. The first-order valence-electron chi connectivity index (χ1n) is 14.0. The molecule has 0 aliphatic carbocycles. The van der Waals surface area contributed by atoms with E-state index in [1.54, 1.807) is 18.3 Å². The van der Waals surface area contributed by atoms with E-state index < -0.39 is 5.97 Å². The molecular weight excluding hydrogens is 490 g/mol. The summed E-state index contributed by atoms with van der Waals surface area (Å²) in [7, 11) is 1.31. The number of ketones is 1. The first-order chi connectivity index (χ1) is 18.6. The standard InChI is InChI=1S/C32H43N3O4/c1-8-25-19-28-20-27(32(38)35(23(5)6)21-29(36)39-7)16-18-34(28)30(25)31(37)26-14-12-24(13-15-26)11-10-17-33(9-2)22(3)4/h12-16,18-20,22-23H,8-11,17,21H2,1-7H3. The SMILES string of the molecule is CCc1cc2cc(C(=O)N(CC(=O)OC)C(C)C)ccn2c1C(=O)c1ccc(CCCN(CC)C(C)C)cc1. The third-order valence-corrected chi connectivity index (χ3v) is 7.37. The van der Waals surface area contributed by atoms with Crippen molar-refractivity contribution in [1.29, 1.82) is 0 Å². The van der Waals surface area contributed by atoms with Crippen LogP contribution in [-0.4, -0.2) is 70.7 Å².